The predicted octanol–water partition coefficient (Wildman–Crippen LogP) is 7.05. The molecule has 1 aliphatic heterocycles. The molecule has 5 nitrogen and oxygen atoms in total. The molecule has 0 bridgehead atoms. The van der Waals surface area contributed by atoms with E-state index in [9.17, 15) is 9.90 Å². The van der Waals surface area contributed by atoms with Crippen LogP contribution in [0.3, 0.4) is 0 Å². The minimum Gasteiger partial charge on any atom is -0.506 e. The molecule has 0 saturated carbocycles. The quantitative estimate of drug-likeness (QED) is 0.314. The zero-order valence-corrected chi connectivity index (χ0v) is 20.6. The lowest BCUT2D eigenvalue weighted by molar-refractivity contribution is 0.102. The lowest BCUT2D eigenvalue weighted by Crippen LogP contribution is -2.32. The van der Waals surface area contributed by atoms with Gasteiger partial charge >= 0.3 is 0 Å². The standard InChI is InChI=1S/C26H34N2O3S/c1-6-7-8-11-19-15-21-20(12-14-26(5,31-21)13-9-10-17(2)3)23(29)22(19)24(30)28-25-27-16-18(4)32-25/h10,12,14-16,29H,6-9,11,13H2,1-5H3,(H,27,28,30). The third-order valence-electron chi connectivity index (χ3n) is 5.64. The van der Waals surface area contributed by atoms with Crippen molar-refractivity contribution >= 4 is 28.5 Å². The average molecular weight is 455 g/mol. The number of phenols is 1. The smallest absolute Gasteiger partial charge is 0.261 e. The summed E-state index contributed by atoms with van der Waals surface area (Å²) in [4.78, 5) is 18.4. The number of rotatable bonds is 9. The third-order valence-corrected chi connectivity index (χ3v) is 6.47. The monoisotopic (exact) mass is 454 g/mol. The first-order valence-electron chi connectivity index (χ1n) is 11.4. The van der Waals surface area contributed by atoms with Gasteiger partial charge in [-0.1, -0.05) is 31.4 Å². The number of carbonyl (C=O) groups is 1. The van der Waals surface area contributed by atoms with Crippen LogP contribution in [0.1, 0.15) is 86.2 Å². The topological polar surface area (TPSA) is 71.5 Å². The summed E-state index contributed by atoms with van der Waals surface area (Å²) >= 11 is 1.41. The number of carbonyl (C=O) groups excluding carboxylic acids is 1. The van der Waals surface area contributed by atoms with Gasteiger partial charge in [-0.3, -0.25) is 10.1 Å². The zero-order valence-electron chi connectivity index (χ0n) is 19.7. The molecule has 1 amide bonds. The van der Waals surface area contributed by atoms with Crippen molar-refractivity contribution < 1.29 is 14.6 Å². The summed E-state index contributed by atoms with van der Waals surface area (Å²) in [7, 11) is 0. The van der Waals surface area contributed by atoms with Crippen LogP contribution in [0.5, 0.6) is 11.5 Å². The first kappa shape index (κ1) is 24.1. The molecule has 0 fully saturated rings. The molecule has 0 aliphatic carbocycles. The Balaban J connectivity index is 1.93. The molecule has 2 heterocycles. The number of aryl methyl sites for hydroxylation is 2. The van der Waals surface area contributed by atoms with Crippen LogP contribution >= 0.6 is 11.3 Å². The number of nitrogens with one attached hydrogen (secondary N) is 1. The highest BCUT2D eigenvalue weighted by molar-refractivity contribution is 7.15. The van der Waals surface area contributed by atoms with E-state index < -0.39 is 5.60 Å². The Bertz CT molecular complexity index is 1030. The van der Waals surface area contributed by atoms with Crippen LogP contribution in [0, 0.1) is 6.92 Å². The van der Waals surface area contributed by atoms with Gasteiger partial charge in [-0.25, -0.2) is 4.98 Å². The fourth-order valence-electron chi connectivity index (χ4n) is 3.87. The van der Waals surface area contributed by atoms with Crippen molar-refractivity contribution in [1.29, 1.82) is 0 Å². The molecule has 2 N–H and O–H groups in total. The van der Waals surface area contributed by atoms with Crippen LogP contribution in [-0.2, 0) is 6.42 Å². The Morgan fingerprint density at radius 1 is 1.34 bits per heavy atom. The normalized spacial score (nSPS) is 16.9. The Hall–Kier alpha value is -2.60. The predicted molar refractivity (Wildman–Crippen MR) is 133 cm³/mol. The summed E-state index contributed by atoms with van der Waals surface area (Å²) in [5, 5.41) is 14.5. The molecule has 2 aromatic rings. The maximum absolute atomic E-state index is 13.1. The van der Waals surface area contributed by atoms with Gasteiger partial charge in [0.25, 0.3) is 5.91 Å². The molecule has 32 heavy (non-hydrogen) atoms. The van der Waals surface area contributed by atoms with E-state index in [-0.39, 0.29) is 11.7 Å². The SMILES string of the molecule is CCCCCc1cc2c(c(O)c1C(=O)Nc1ncc(C)s1)C=CC(C)(CCC=C(C)C)O2. The molecular weight excluding hydrogens is 420 g/mol. The fraction of sp³-hybridized carbons (Fsp3) is 0.462. The van der Waals surface area contributed by atoms with Gasteiger partial charge < -0.3 is 9.84 Å². The van der Waals surface area contributed by atoms with E-state index in [1.807, 2.05) is 25.1 Å². The van der Waals surface area contributed by atoms with Crippen molar-refractivity contribution in [3.8, 4) is 11.5 Å². The van der Waals surface area contributed by atoms with E-state index in [4.69, 9.17) is 4.74 Å². The van der Waals surface area contributed by atoms with Crippen molar-refractivity contribution in [3.05, 3.63) is 51.6 Å². The van der Waals surface area contributed by atoms with Gasteiger partial charge in [0.1, 0.15) is 17.1 Å². The van der Waals surface area contributed by atoms with E-state index >= 15 is 0 Å². The summed E-state index contributed by atoms with van der Waals surface area (Å²) in [6.07, 6.45) is 13.3. The summed E-state index contributed by atoms with van der Waals surface area (Å²) < 4.78 is 6.37. The number of ether oxygens (including phenoxy) is 1. The lowest BCUT2D eigenvalue weighted by Gasteiger charge is -2.32. The molecule has 172 valence electrons. The van der Waals surface area contributed by atoms with Crippen LogP contribution in [0.4, 0.5) is 5.13 Å². The summed E-state index contributed by atoms with van der Waals surface area (Å²) in [5.74, 6) is 0.275. The lowest BCUT2D eigenvalue weighted by atomic mass is 9.91. The third kappa shape index (κ3) is 5.80. The summed E-state index contributed by atoms with van der Waals surface area (Å²) in [6, 6.07) is 1.94. The molecule has 1 aliphatic rings. The van der Waals surface area contributed by atoms with Gasteiger partial charge in [-0.05, 0) is 77.2 Å². The van der Waals surface area contributed by atoms with Gasteiger partial charge in [-0.15, -0.1) is 11.3 Å². The highest BCUT2D eigenvalue weighted by Gasteiger charge is 2.31. The number of benzene rings is 1. The number of amides is 1. The molecular formula is C26H34N2O3S. The van der Waals surface area contributed by atoms with E-state index in [1.54, 1.807) is 6.20 Å². The fourth-order valence-corrected chi connectivity index (χ4v) is 4.53. The van der Waals surface area contributed by atoms with Crippen LogP contribution in [0.25, 0.3) is 6.08 Å². The van der Waals surface area contributed by atoms with Crippen molar-refractivity contribution in [2.45, 2.75) is 78.7 Å². The second-order valence-corrected chi connectivity index (χ2v) is 10.2. The number of hydrogen-bond acceptors (Lipinski definition) is 5. The molecule has 0 spiro atoms. The second kappa shape index (κ2) is 10.3. The molecule has 3 rings (SSSR count). The zero-order chi connectivity index (χ0) is 23.3. The van der Waals surface area contributed by atoms with E-state index in [2.05, 4.69) is 44.1 Å². The second-order valence-electron chi connectivity index (χ2n) is 8.93. The maximum Gasteiger partial charge on any atom is 0.261 e. The Morgan fingerprint density at radius 2 is 2.12 bits per heavy atom. The number of fused-ring (bicyclic) bond motifs is 1. The number of hydrogen-bond donors (Lipinski definition) is 2. The number of unbranched alkanes of at least 4 members (excludes halogenated alkanes) is 2. The largest absolute Gasteiger partial charge is 0.506 e. The molecule has 0 saturated heterocycles. The number of anilines is 1. The van der Waals surface area contributed by atoms with E-state index in [0.717, 1.165) is 42.5 Å². The van der Waals surface area contributed by atoms with Gasteiger partial charge in [0.05, 0.1) is 11.1 Å². The molecule has 6 heteroatoms. The highest BCUT2D eigenvalue weighted by Crippen LogP contribution is 2.42. The average Bonchev–Trinajstić information content (AvgIpc) is 3.12. The Labute approximate surface area is 195 Å². The van der Waals surface area contributed by atoms with E-state index in [1.165, 1.54) is 16.9 Å². The van der Waals surface area contributed by atoms with Crippen LogP contribution in [0.2, 0.25) is 0 Å². The number of nitrogens with zero attached hydrogens (tertiary/aromatic N) is 1. The number of thiazole rings is 1. The van der Waals surface area contributed by atoms with Crippen molar-refractivity contribution in [2.75, 3.05) is 5.32 Å². The summed E-state index contributed by atoms with van der Waals surface area (Å²) in [5.41, 5.74) is 2.52. The van der Waals surface area contributed by atoms with Gasteiger partial charge in [0.2, 0.25) is 0 Å². The minimum absolute atomic E-state index is 0.0256. The number of allylic oxidation sites excluding steroid dienone is 2. The Kier molecular flexibility index (Phi) is 7.77. The van der Waals surface area contributed by atoms with Crippen LogP contribution < -0.4 is 10.1 Å². The van der Waals surface area contributed by atoms with E-state index in [0.29, 0.717) is 28.4 Å². The minimum atomic E-state index is -0.450. The van der Waals surface area contributed by atoms with Crippen molar-refractivity contribution in [3.63, 3.8) is 0 Å². The Morgan fingerprint density at radius 3 is 2.78 bits per heavy atom. The van der Waals surface area contributed by atoms with Gasteiger partial charge in [0, 0.05) is 11.1 Å². The number of phenolic OH excluding ortho intramolecular Hbond substituents is 1. The first-order valence-corrected chi connectivity index (χ1v) is 12.2. The van der Waals surface area contributed by atoms with Gasteiger partial charge in [0.15, 0.2) is 5.13 Å². The number of aromatic hydroxyl groups is 1. The van der Waals surface area contributed by atoms with Gasteiger partial charge in [-0.2, -0.15) is 0 Å². The van der Waals surface area contributed by atoms with Crippen LogP contribution in [-0.4, -0.2) is 21.6 Å². The van der Waals surface area contributed by atoms with Crippen LogP contribution in [0.15, 0.2) is 30.0 Å². The van der Waals surface area contributed by atoms with Crippen molar-refractivity contribution in [2.24, 2.45) is 0 Å². The summed E-state index contributed by atoms with van der Waals surface area (Å²) in [6.45, 7) is 10.3. The molecule has 1 aromatic heterocycles. The maximum atomic E-state index is 13.1. The molecule has 1 atom stereocenters. The molecule has 0 radical (unpaired) electrons. The number of aromatic nitrogens is 1. The molecule has 1 unspecified atom stereocenters. The molecule has 1 aromatic carbocycles. The highest BCUT2D eigenvalue weighted by atomic mass is 32.1. The van der Waals surface area contributed by atoms with Crippen molar-refractivity contribution in [1.82, 2.24) is 4.98 Å². The first-order chi connectivity index (χ1) is 15.2.